The van der Waals surface area contributed by atoms with E-state index in [4.69, 9.17) is 21.9 Å². The van der Waals surface area contributed by atoms with Gasteiger partial charge in [0.15, 0.2) is 5.11 Å². The van der Waals surface area contributed by atoms with Crippen LogP contribution in [0.1, 0.15) is 51.9 Å². The Morgan fingerprint density at radius 2 is 1.83 bits per heavy atom. The summed E-state index contributed by atoms with van der Waals surface area (Å²) < 4.78 is 6.02. The van der Waals surface area contributed by atoms with E-state index in [1.807, 2.05) is 36.4 Å². The van der Waals surface area contributed by atoms with Crippen molar-refractivity contribution >= 4 is 29.1 Å². The third kappa shape index (κ3) is 5.35. The zero-order valence-corrected chi connectivity index (χ0v) is 17.8. The fourth-order valence-electron chi connectivity index (χ4n) is 4.11. The zero-order chi connectivity index (χ0) is 20.1. The summed E-state index contributed by atoms with van der Waals surface area (Å²) >= 11 is 5.51. The largest absolute Gasteiger partial charge is 0.439 e. The van der Waals surface area contributed by atoms with Crippen LogP contribution in [0, 0.1) is 0 Å². The van der Waals surface area contributed by atoms with Crippen LogP contribution in [-0.4, -0.2) is 33.7 Å². The molecule has 1 aromatic carbocycles. The van der Waals surface area contributed by atoms with E-state index in [1.54, 1.807) is 0 Å². The molecule has 1 aliphatic heterocycles. The molecule has 2 aromatic rings. The third-order valence-electron chi connectivity index (χ3n) is 5.67. The molecule has 154 valence electrons. The molecule has 2 heterocycles. The van der Waals surface area contributed by atoms with Crippen molar-refractivity contribution in [3.05, 3.63) is 36.4 Å². The fourth-order valence-corrected chi connectivity index (χ4v) is 4.37. The maximum absolute atomic E-state index is 6.02. The first-order chi connectivity index (χ1) is 14.2. The van der Waals surface area contributed by atoms with Crippen LogP contribution in [0.4, 0.5) is 11.8 Å². The minimum atomic E-state index is 0.444. The Morgan fingerprint density at radius 3 is 2.59 bits per heavy atom. The molecule has 0 bridgehead atoms. The molecule has 1 aliphatic carbocycles. The van der Waals surface area contributed by atoms with Crippen molar-refractivity contribution in [2.75, 3.05) is 16.8 Å². The molecule has 0 unspecified atom stereocenters. The second kappa shape index (κ2) is 9.39. The first kappa shape index (κ1) is 19.9. The van der Waals surface area contributed by atoms with Crippen molar-refractivity contribution in [1.82, 2.24) is 15.3 Å². The third-order valence-corrected chi connectivity index (χ3v) is 5.89. The Balaban J connectivity index is 1.55. The van der Waals surface area contributed by atoms with E-state index in [-0.39, 0.29) is 0 Å². The Labute approximate surface area is 178 Å². The van der Waals surface area contributed by atoms with Gasteiger partial charge in [-0.2, -0.15) is 9.97 Å². The molecule has 29 heavy (non-hydrogen) atoms. The van der Waals surface area contributed by atoms with Crippen molar-refractivity contribution in [3.8, 4) is 11.6 Å². The lowest BCUT2D eigenvalue weighted by molar-refractivity contribution is 0.457. The highest BCUT2D eigenvalue weighted by molar-refractivity contribution is 7.80. The predicted molar refractivity (Wildman–Crippen MR) is 121 cm³/mol. The lowest BCUT2D eigenvalue weighted by Gasteiger charge is -2.34. The Bertz CT molecular complexity index is 825. The van der Waals surface area contributed by atoms with Gasteiger partial charge in [0.05, 0.1) is 0 Å². The van der Waals surface area contributed by atoms with Crippen molar-refractivity contribution in [2.24, 2.45) is 0 Å². The van der Waals surface area contributed by atoms with Gasteiger partial charge in [-0.05, 0) is 63.4 Å². The monoisotopic (exact) mass is 411 g/mol. The van der Waals surface area contributed by atoms with E-state index < -0.39 is 0 Å². The van der Waals surface area contributed by atoms with Gasteiger partial charge < -0.3 is 20.3 Å². The van der Waals surface area contributed by atoms with Gasteiger partial charge in [0.1, 0.15) is 11.6 Å². The molecule has 1 aromatic heterocycles. The molecule has 1 saturated heterocycles. The maximum atomic E-state index is 6.02. The molecule has 0 amide bonds. The standard InChI is InChI=1S/C22H29N5OS/c1-16-9-7-8-14-27(16)19-15-20(28-18-12-3-2-4-13-18)25-21(24-19)26-22(29)23-17-10-5-6-11-17/h2-4,12-13,15-17H,5-11,14H2,1H3,(H2,23,24,25,26,29)/t16-/m0/s1. The van der Waals surface area contributed by atoms with Gasteiger partial charge in [0, 0.05) is 24.7 Å². The summed E-state index contributed by atoms with van der Waals surface area (Å²) in [7, 11) is 0. The van der Waals surface area contributed by atoms with Gasteiger partial charge in [0.25, 0.3) is 0 Å². The van der Waals surface area contributed by atoms with E-state index >= 15 is 0 Å². The van der Waals surface area contributed by atoms with Gasteiger partial charge >= 0.3 is 0 Å². The molecular weight excluding hydrogens is 382 g/mol. The van der Waals surface area contributed by atoms with Gasteiger partial charge in [-0.1, -0.05) is 31.0 Å². The lowest BCUT2D eigenvalue weighted by Crippen LogP contribution is -2.39. The highest BCUT2D eigenvalue weighted by atomic mass is 32.1. The van der Waals surface area contributed by atoms with Crippen LogP contribution >= 0.6 is 12.2 Å². The van der Waals surface area contributed by atoms with Crippen LogP contribution in [0.3, 0.4) is 0 Å². The number of nitrogens with one attached hydrogen (secondary N) is 2. The number of para-hydroxylation sites is 1. The van der Waals surface area contributed by atoms with Crippen LogP contribution in [-0.2, 0) is 0 Å². The molecule has 0 radical (unpaired) electrons. The Morgan fingerprint density at radius 1 is 1.07 bits per heavy atom. The first-order valence-electron chi connectivity index (χ1n) is 10.6. The summed E-state index contributed by atoms with van der Waals surface area (Å²) in [5.74, 6) is 2.62. The smallest absolute Gasteiger partial charge is 0.234 e. The highest BCUT2D eigenvalue weighted by Gasteiger charge is 2.22. The van der Waals surface area contributed by atoms with Crippen LogP contribution in [0.15, 0.2) is 36.4 Å². The van der Waals surface area contributed by atoms with E-state index in [9.17, 15) is 0 Å². The molecule has 7 heteroatoms. The summed E-state index contributed by atoms with van der Waals surface area (Å²) in [4.78, 5) is 11.7. The number of nitrogens with zero attached hydrogens (tertiary/aromatic N) is 3. The number of thiocarbonyl (C=S) groups is 1. The van der Waals surface area contributed by atoms with E-state index in [0.717, 1.165) is 31.0 Å². The number of piperidine rings is 1. The van der Waals surface area contributed by atoms with Crippen molar-refractivity contribution < 1.29 is 4.74 Å². The van der Waals surface area contributed by atoms with Crippen molar-refractivity contribution in [3.63, 3.8) is 0 Å². The maximum Gasteiger partial charge on any atom is 0.234 e. The Kier molecular flexibility index (Phi) is 6.44. The zero-order valence-electron chi connectivity index (χ0n) is 16.9. The quantitative estimate of drug-likeness (QED) is 0.680. The van der Waals surface area contributed by atoms with Gasteiger partial charge in [-0.15, -0.1) is 0 Å². The first-order valence-corrected chi connectivity index (χ1v) is 11.0. The minimum Gasteiger partial charge on any atom is -0.439 e. The van der Waals surface area contributed by atoms with Crippen molar-refractivity contribution in [2.45, 2.75) is 64.0 Å². The number of ether oxygens (including phenoxy) is 1. The number of hydrogen-bond acceptors (Lipinski definition) is 5. The summed E-state index contributed by atoms with van der Waals surface area (Å²) in [5.41, 5.74) is 0. The average Bonchev–Trinajstić information content (AvgIpc) is 3.22. The topological polar surface area (TPSA) is 62.3 Å². The summed E-state index contributed by atoms with van der Waals surface area (Å²) in [5, 5.41) is 7.15. The minimum absolute atomic E-state index is 0.444. The van der Waals surface area contributed by atoms with Crippen LogP contribution < -0.4 is 20.3 Å². The molecule has 2 aliphatic rings. The Hall–Kier alpha value is -2.41. The van der Waals surface area contributed by atoms with Gasteiger partial charge in [-0.3, -0.25) is 0 Å². The second-order valence-corrected chi connectivity index (χ2v) is 8.33. The van der Waals surface area contributed by atoms with Crippen LogP contribution in [0.5, 0.6) is 11.6 Å². The number of rotatable bonds is 5. The molecule has 2 N–H and O–H groups in total. The van der Waals surface area contributed by atoms with E-state index in [0.29, 0.717) is 29.0 Å². The summed E-state index contributed by atoms with van der Waals surface area (Å²) in [6.07, 6.45) is 8.45. The second-order valence-electron chi connectivity index (χ2n) is 7.92. The SMILES string of the molecule is C[C@H]1CCCCN1c1cc(Oc2ccccc2)nc(NC(=S)NC2CCCC2)n1. The number of anilines is 2. The molecule has 2 fully saturated rings. The number of benzene rings is 1. The van der Waals surface area contributed by atoms with E-state index in [1.165, 1.54) is 32.1 Å². The van der Waals surface area contributed by atoms with Gasteiger partial charge in [-0.25, -0.2) is 0 Å². The van der Waals surface area contributed by atoms with Crippen LogP contribution in [0.25, 0.3) is 0 Å². The number of hydrogen-bond donors (Lipinski definition) is 2. The normalized spacial score (nSPS) is 19.8. The van der Waals surface area contributed by atoms with Gasteiger partial charge in [0.2, 0.25) is 11.8 Å². The molecule has 4 rings (SSSR count). The fraction of sp³-hybridized carbons (Fsp3) is 0.500. The molecule has 6 nitrogen and oxygen atoms in total. The van der Waals surface area contributed by atoms with Crippen LogP contribution in [0.2, 0.25) is 0 Å². The molecule has 0 spiro atoms. The predicted octanol–water partition coefficient (Wildman–Crippen LogP) is 4.88. The van der Waals surface area contributed by atoms with E-state index in [2.05, 4.69) is 27.4 Å². The lowest BCUT2D eigenvalue weighted by atomic mass is 10.0. The number of aromatic nitrogens is 2. The molecular formula is C22H29N5OS. The summed E-state index contributed by atoms with van der Waals surface area (Å²) in [6, 6.07) is 12.5. The molecule has 1 atom stereocenters. The van der Waals surface area contributed by atoms with Crippen molar-refractivity contribution in [1.29, 1.82) is 0 Å². The highest BCUT2D eigenvalue weighted by Crippen LogP contribution is 2.29. The molecule has 1 saturated carbocycles. The average molecular weight is 412 g/mol. The summed E-state index contributed by atoms with van der Waals surface area (Å²) in [6.45, 7) is 3.24.